The molecular formula is C15H24N2O. The van der Waals surface area contributed by atoms with E-state index in [4.69, 9.17) is 10.5 Å². The van der Waals surface area contributed by atoms with Crippen molar-refractivity contribution in [2.24, 2.45) is 11.7 Å². The Labute approximate surface area is 110 Å². The smallest absolute Gasteiger partial charge is 0.120 e. The van der Waals surface area contributed by atoms with Crippen molar-refractivity contribution in [3.63, 3.8) is 0 Å². The van der Waals surface area contributed by atoms with Crippen molar-refractivity contribution in [3.05, 3.63) is 23.8 Å². The second kappa shape index (κ2) is 6.10. The summed E-state index contributed by atoms with van der Waals surface area (Å²) in [4.78, 5) is 2.47. The van der Waals surface area contributed by atoms with Gasteiger partial charge in [0.05, 0.1) is 7.11 Å². The number of rotatable bonds is 3. The molecule has 0 amide bonds. The Balaban J connectivity index is 2.24. The number of benzene rings is 1. The van der Waals surface area contributed by atoms with Gasteiger partial charge in [-0.25, -0.2) is 0 Å². The van der Waals surface area contributed by atoms with Crippen LogP contribution < -0.4 is 15.4 Å². The van der Waals surface area contributed by atoms with Gasteiger partial charge in [0.15, 0.2) is 0 Å². The zero-order chi connectivity index (χ0) is 13.0. The highest BCUT2D eigenvalue weighted by atomic mass is 16.5. The average molecular weight is 248 g/mol. The molecule has 1 aliphatic heterocycles. The third-order valence-electron chi connectivity index (χ3n) is 3.87. The lowest BCUT2D eigenvalue weighted by Gasteiger charge is -2.25. The molecule has 100 valence electrons. The minimum absolute atomic E-state index is 0.589. The predicted octanol–water partition coefficient (Wildman–Crippen LogP) is 2.78. The van der Waals surface area contributed by atoms with Crippen molar-refractivity contribution in [2.75, 3.05) is 25.1 Å². The average Bonchev–Trinajstić information content (AvgIpc) is 2.62. The first kappa shape index (κ1) is 13.2. The molecule has 18 heavy (non-hydrogen) atoms. The van der Waals surface area contributed by atoms with Gasteiger partial charge < -0.3 is 15.4 Å². The summed E-state index contributed by atoms with van der Waals surface area (Å²) in [5, 5.41) is 0. The molecular weight excluding hydrogens is 224 g/mol. The molecule has 1 aromatic carbocycles. The molecule has 1 fully saturated rings. The van der Waals surface area contributed by atoms with E-state index in [1.54, 1.807) is 7.11 Å². The van der Waals surface area contributed by atoms with Crippen LogP contribution in [0.5, 0.6) is 5.75 Å². The third-order valence-corrected chi connectivity index (χ3v) is 3.87. The van der Waals surface area contributed by atoms with Gasteiger partial charge >= 0.3 is 0 Å². The quantitative estimate of drug-likeness (QED) is 0.894. The van der Waals surface area contributed by atoms with Crippen LogP contribution in [0.25, 0.3) is 0 Å². The lowest BCUT2D eigenvalue weighted by molar-refractivity contribution is 0.414. The predicted molar refractivity (Wildman–Crippen MR) is 76.1 cm³/mol. The van der Waals surface area contributed by atoms with Crippen molar-refractivity contribution in [3.8, 4) is 5.75 Å². The standard InChI is InChI=1S/C15H24N2O/c1-12-4-3-8-17(9-7-12)15-10-14(18-2)6-5-13(15)11-16/h5-6,10,12H,3-4,7-9,11,16H2,1-2H3. The molecule has 0 bridgehead atoms. The fourth-order valence-electron chi connectivity index (χ4n) is 2.64. The Morgan fingerprint density at radius 3 is 2.89 bits per heavy atom. The van der Waals surface area contributed by atoms with Crippen molar-refractivity contribution in [1.29, 1.82) is 0 Å². The highest BCUT2D eigenvalue weighted by molar-refractivity contribution is 5.57. The van der Waals surface area contributed by atoms with E-state index in [2.05, 4.69) is 24.0 Å². The van der Waals surface area contributed by atoms with Gasteiger partial charge in [-0.1, -0.05) is 13.0 Å². The molecule has 0 aliphatic carbocycles. The first-order chi connectivity index (χ1) is 8.74. The molecule has 0 saturated carbocycles. The molecule has 1 heterocycles. The molecule has 1 aromatic rings. The minimum Gasteiger partial charge on any atom is -0.497 e. The van der Waals surface area contributed by atoms with E-state index >= 15 is 0 Å². The van der Waals surface area contributed by atoms with Gasteiger partial charge in [0.1, 0.15) is 5.75 Å². The zero-order valence-electron chi connectivity index (χ0n) is 11.5. The fourth-order valence-corrected chi connectivity index (χ4v) is 2.64. The molecule has 0 aromatic heterocycles. The molecule has 0 spiro atoms. The van der Waals surface area contributed by atoms with E-state index in [1.807, 2.05) is 6.07 Å². The van der Waals surface area contributed by atoms with E-state index < -0.39 is 0 Å². The van der Waals surface area contributed by atoms with Crippen LogP contribution in [-0.4, -0.2) is 20.2 Å². The number of hydrogen-bond acceptors (Lipinski definition) is 3. The molecule has 1 aliphatic rings. The Morgan fingerprint density at radius 2 is 2.17 bits per heavy atom. The Hall–Kier alpha value is -1.22. The maximum Gasteiger partial charge on any atom is 0.120 e. The van der Waals surface area contributed by atoms with Gasteiger partial charge in [-0.3, -0.25) is 0 Å². The van der Waals surface area contributed by atoms with E-state index in [-0.39, 0.29) is 0 Å². The summed E-state index contributed by atoms with van der Waals surface area (Å²) in [5.74, 6) is 1.75. The van der Waals surface area contributed by atoms with Crippen LogP contribution in [0.15, 0.2) is 18.2 Å². The van der Waals surface area contributed by atoms with Gasteiger partial charge in [-0.05, 0) is 36.8 Å². The Kier molecular flexibility index (Phi) is 4.48. The summed E-state index contributed by atoms with van der Waals surface area (Å²) < 4.78 is 5.33. The van der Waals surface area contributed by atoms with Crippen LogP contribution in [0, 0.1) is 5.92 Å². The number of hydrogen-bond donors (Lipinski definition) is 1. The van der Waals surface area contributed by atoms with E-state index in [1.165, 1.54) is 30.5 Å². The summed E-state index contributed by atoms with van der Waals surface area (Å²) in [7, 11) is 1.71. The van der Waals surface area contributed by atoms with Crippen LogP contribution in [-0.2, 0) is 6.54 Å². The van der Waals surface area contributed by atoms with Crippen molar-refractivity contribution < 1.29 is 4.74 Å². The topological polar surface area (TPSA) is 38.5 Å². The summed E-state index contributed by atoms with van der Waals surface area (Å²) in [6, 6.07) is 6.20. The van der Waals surface area contributed by atoms with Crippen molar-refractivity contribution >= 4 is 5.69 Å². The highest BCUT2D eigenvalue weighted by Gasteiger charge is 2.16. The first-order valence-corrected chi connectivity index (χ1v) is 6.86. The lowest BCUT2D eigenvalue weighted by atomic mass is 10.0. The van der Waals surface area contributed by atoms with Crippen LogP contribution in [0.2, 0.25) is 0 Å². The van der Waals surface area contributed by atoms with E-state index in [9.17, 15) is 0 Å². The number of ether oxygens (including phenoxy) is 1. The van der Waals surface area contributed by atoms with Crippen molar-refractivity contribution in [2.45, 2.75) is 32.7 Å². The third kappa shape index (κ3) is 2.96. The number of nitrogens with zero attached hydrogens (tertiary/aromatic N) is 1. The van der Waals surface area contributed by atoms with Crippen LogP contribution >= 0.6 is 0 Å². The zero-order valence-corrected chi connectivity index (χ0v) is 11.5. The second-order valence-electron chi connectivity index (χ2n) is 5.22. The maximum atomic E-state index is 5.85. The Bertz CT molecular complexity index is 392. The fraction of sp³-hybridized carbons (Fsp3) is 0.600. The largest absolute Gasteiger partial charge is 0.497 e. The molecule has 1 atom stereocenters. The van der Waals surface area contributed by atoms with Crippen LogP contribution in [0.3, 0.4) is 0 Å². The summed E-state index contributed by atoms with van der Waals surface area (Å²) in [6.45, 7) is 5.19. The monoisotopic (exact) mass is 248 g/mol. The SMILES string of the molecule is COc1ccc(CN)c(N2CCCC(C)CC2)c1. The van der Waals surface area contributed by atoms with E-state index in [0.717, 1.165) is 24.8 Å². The van der Waals surface area contributed by atoms with Gasteiger partial charge in [0.25, 0.3) is 0 Å². The molecule has 0 radical (unpaired) electrons. The molecule has 3 nitrogen and oxygen atoms in total. The van der Waals surface area contributed by atoms with Crippen LogP contribution in [0.4, 0.5) is 5.69 Å². The molecule has 2 N–H and O–H groups in total. The molecule has 1 unspecified atom stereocenters. The molecule has 2 rings (SSSR count). The van der Waals surface area contributed by atoms with E-state index in [0.29, 0.717) is 6.54 Å². The second-order valence-corrected chi connectivity index (χ2v) is 5.22. The maximum absolute atomic E-state index is 5.85. The molecule has 1 saturated heterocycles. The highest BCUT2D eigenvalue weighted by Crippen LogP contribution is 2.29. The van der Waals surface area contributed by atoms with Gasteiger partial charge in [-0.2, -0.15) is 0 Å². The lowest BCUT2D eigenvalue weighted by Crippen LogP contribution is -2.25. The van der Waals surface area contributed by atoms with Gasteiger partial charge in [0.2, 0.25) is 0 Å². The minimum atomic E-state index is 0.589. The number of methoxy groups -OCH3 is 1. The summed E-state index contributed by atoms with van der Waals surface area (Å²) in [6.07, 6.45) is 3.86. The normalized spacial score (nSPS) is 20.6. The van der Waals surface area contributed by atoms with Crippen molar-refractivity contribution in [1.82, 2.24) is 0 Å². The van der Waals surface area contributed by atoms with Gasteiger partial charge in [0, 0.05) is 31.4 Å². The van der Waals surface area contributed by atoms with Gasteiger partial charge in [-0.15, -0.1) is 0 Å². The summed E-state index contributed by atoms with van der Waals surface area (Å²) in [5.41, 5.74) is 8.32. The first-order valence-electron chi connectivity index (χ1n) is 6.86. The summed E-state index contributed by atoms with van der Waals surface area (Å²) >= 11 is 0. The molecule has 3 heteroatoms. The number of anilines is 1. The Morgan fingerprint density at radius 1 is 1.33 bits per heavy atom. The number of nitrogens with two attached hydrogens (primary N) is 1. The van der Waals surface area contributed by atoms with Crippen LogP contribution in [0.1, 0.15) is 31.7 Å².